The van der Waals surface area contributed by atoms with E-state index in [1.54, 1.807) is 6.92 Å². The van der Waals surface area contributed by atoms with Crippen molar-refractivity contribution in [2.75, 3.05) is 26.4 Å². The topological polar surface area (TPSA) is 66.8 Å². The lowest BCUT2D eigenvalue weighted by Gasteiger charge is -2.15. The summed E-state index contributed by atoms with van der Waals surface area (Å²) in [5.74, 6) is -0.699. The maximum Gasteiger partial charge on any atom is 0.343 e. The summed E-state index contributed by atoms with van der Waals surface area (Å²) in [5, 5.41) is 0.137. The minimum atomic E-state index is -0.651. The van der Waals surface area contributed by atoms with Gasteiger partial charge in [-0.25, -0.2) is 4.79 Å². The summed E-state index contributed by atoms with van der Waals surface area (Å²) in [7, 11) is 0. The van der Waals surface area contributed by atoms with Crippen molar-refractivity contribution in [2.24, 2.45) is 0 Å². The highest BCUT2D eigenvalue weighted by Gasteiger charge is 2.23. The Kier molecular flexibility index (Phi) is 10.3. The number of ether oxygens (including phenoxy) is 3. The summed E-state index contributed by atoms with van der Waals surface area (Å²) in [5.41, 5.74) is -0.407. The van der Waals surface area contributed by atoms with E-state index in [0.717, 1.165) is 25.7 Å². The first-order chi connectivity index (χ1) is 12.1. The van der Waals surface area contributed by atoms with Gasteiger partial charge in [-0.2, -0.15) is 0 Å². The van der Waals surface area contributed by atoms with E-state index in [9.17, 15) is 9.59 Å². The molecule has 0 atom stereocenters. The van der Waals surface area contributed by atoms with E-state index in [4.69, 9.17) is 25.8 Å². The second-order valence-electron chi connectivity index (χ2n) is 5.57. The number of unbranched alkanes of at least 4 members (excludes halogenated alkanes) is 2. The van der Waals surface area contributed by atoms with Gasteiger partial charge in [-0.3, -0.25) is 4.79 Å². The highest BCUT2D eigenvalue weighted by Crippen LogP contribution is 2.24. The van der Waals surface area contributed by atoms with Crippen LogP contribution in [-0.2, 0) is 16.0 Å². The van der Waals surface area contributed by atoms with E-state index in [2.05, 4.69) is 6.92 Å². The molecule has 7 heteroatoms. The molecular formula is C18H28ClNO5. The van der Waals surface area contributed by atoms with Gasteiger partial charge in [0.25, 0.3) is 5.56 Å². The number of aromatic nitrogens is 1. The highest BCUT2D eigenvalue weighted by atomic mass is 35.5. The van der Waals surface area contributed by atoms with Gasteiger partial charge in [0.2, 0.25) is 5.75 Å². The SMILES string of the molecule is CCCCOCCn1cc(Cl)c(C(=O)OCC)c(OCCCC)c1=O. The summed E-state index contributed by atoms with van der Waals surface area (Å²) < 4.78 is 17.5. The van der Waals surface area contributed by atoms with Gasteiger partial charge in [-0.15, -0.1) is 0 Å². The number of carbonyl (C=O) groups excluding carboxylic acids is 1. The van der Waals surface area contributed by atoms with Gasteiger partial charge in [0.05, 0.1) is 24.8 Å². The number of carbonyl (C=O) groups is 1. The molecule has 0 fully saturated rings. The Labute approximate surface area is 154 Å². The van der Waals surface area contributed by atoms with Crippen LogP contribution in [0.25, 0.3) is 0 Å². The third-order valence-electron chi connectivity index (χ3n) is 3.53. The Morgan fingerprint density at radius 3 is 2.44 bits per heavy atom. The Balaban J connectivity index is 3.03. The zero-order valence-electron chi connectivity index (χ0n) is 15.3. The number of rotatable bonds is 12. The van der Waals surface area contributed by atoms with Gasteiger partial charge in [0.15, 0.2) is 0 Å². The van der Waals surface area contributed by atoms with Crippen LogP contribution in [0.3, 0.4) is 0 Å². The molecule has 142 valence electrons. The van der Waals surface area contributed by atoms with Gasteiger partial charge in [-0.1, -0.05) is 38.3 Å². The smallest absolute Gasteiger partial charge is 0.343 e. The van der Waals surface area contributed by atoms with Crippen molar-refractivity contribution >= 4 is 17.6 Å². The van der Waals surface area contributed by atoms with Crippen LogP contribution in [0.5, 0.6) is 5.75 Å². The minimum absolute atomic E-state index is 0.00669. The summed E-state index contributed by atoms with van der Waals surface area (Å²) in [6, 6.07) is 0. The number of nitrogens with zero attached hydrogens (tertiary/aromatic N) is 1. The number of hydrogen-bond acceptors (Lipinski definition) is 5. The maximum absolute atomic E-state index is 12.7. The first-order valence-corrected chi connectivity index (χ1v) is 9.25. The molecule has 1 aromatic rings. The molecule has 0 saturated carbocycles. The van der Waals surface area contributed by atoms with Crippen LogP contribution in [0.1, 0.15) is 56.8 Å². The van der Waals surface area contributed by atoms with Crippen molar-refractivity contribution in [1.29, 1.82) is 0 Å². The van der Waals surface area contributed by atoms with Gasteiger partial charge >= 0.3 is 5.97 Å². The zero-order chi connectivity index (χ0) is 18.7. The average Bonchev–Trinajstić information content (AvgIpc) is 2.58. The Morgan fingerprint density at radius 1 is 1.12 bits per heavy atom. The first-order valence-electron chi connectivity index (χ1n) is 8.87. The molecule has 0 aliphatic rings. The highest BCUT2D eigenvalue weighted by molar-refractivity contribution is 6.33. The molecular weight excluding hydrogens is 346 g/mol. The van der Waals surface area contributed by atoms with Crippen LogP contribution < -0.4 is 10.3 Å². The van der Waals surface area contributed by atoms with Crippen LogP contribution in [0.2, 0.25) is 5.02 Å². The molecule has 0 aliphatic carbocycles. The fourth-order valence-electron chi connectivity index (χ4n) is 2.13. The molecule has 1 heterocycles. The monoisotopic (exact) mass is 373 g/mol. The van der Waals surface area contributed by atoms with Crippen LogP contribution in [0.15, 0.2) is 11.0 Å². The van der Waals surface area contributed by atoms with E-state index in [1.165, 1.54) is 10.8 Å². The Morgan fingerprint density at radius 2 is 1.80 bits per heavy atom. The Hall–Kier alpha value is -1.53. The summed E-state index contributed by atoms with van der Waals surface area (Å²) in [6.07, 6.45) is 5.15. The van der Waals surface area contributed by atoms with Crippen molar-refractivity contribution in [3.63, 3.8) is 0 Å². The average molecular weight is 374 g/mol. The lowest BCUT2D eigenvalue weighted by atomic mass is 10.2. The molecule has 1 rings (SSSR count). The number of esters is 1. The molecule has 0 bridgehead atoms. The molecule has 0 aliphatic heterocycles. The lowest BCUT2D eigenvalue weighted by Crippen LogP contribution is -2.27. The van der Waals surface area contributed by atoms with Crippen molar-refractivity contribution < 1.29 is 19.0 Å². The third-order valence-corrected chi connectivity index (χ3v) is 3.82. The number of pyridine rings is 1. The third kappa shape index (κ3) is 6.71. The molecule has 25 heavy (non-hydrogen) atoms. The van der Waals surface area contributed by atoms with Gasteiger partial charge in [0, 0.05) is 19.3 Å². The molecule has 0 unspecified atom stereocenters. The van der Waals surface area contributed by atoms with Crippen LogP contribution >= 0.6 is 11.6 Å². The molecule has 0 amide bonds. The van der Waals surface area contributed by atoms with Crippen LogP contribution in [0.4, 0.5) is 0 Å². The fraction of sp³-hybridized carbons (Fsp3) is 0.667. The van der Waals surface area contributed by atoms with E-state index >= 15 is 0 Å². The normalized spacial score (nSPS) is 10.7. The van der Waals surface area contributed by atoms with E-state index in [-0.39, 0.29) is 22.9 Å². The quantitative estimate of drug-likeness (QED) is 0.413. The van der Waals surface area contributed by atoms with E-state index in [0.29, 0.717) is 26.4 Å². The largest absolute Gasteiger partial charge is 0.487 e. The minimum Gasteiger partial charge on any atom is -0.487 e. The summed E-state index contributed by atoms with van der Waals surface area (Å²) >= 11 is 6.23. The lowest BCUT2D eigenvalue weighted by molar-refractivity contribution is 0.0521. The summed E-state index contributed by atoms with van der Waals surface area (Å²) in [6.45, 7) is 7.71. The second-order valence-corrected chi connectivity index (χ2v) is 5.98. The van der Waals surface area contributed by atoms with E-state index in [1.807, 2.05) is 6.92 Å². The molecule has 0 aromatic carbocycles. The molecule has 1 aromatic heterocycles. The molecule has 0 saturated heterocycles. The van der Waals surface area contributed by atoms with Crippen molar-refractivity contribution in [3.8, 4) is 5.75 Å². The fourth-order valence-corrected chi connectivity index (χ4v) is 2.41. The van der Waals surface area contributed by atoms with Crippen molar-refractivity contribution in [1.82, 2.24) is 4.57 Å². The molecule has 0 spiro atoms. The molecule has 0 radical (unpaired) electrons. The van der Waals surface area contributed by atoms with Crippen LogP contribution in [-0.4, -0.2) is 37.0 Å². The first kappa shape index (κ1) is 21.5. The standard InChI is InChI=1S/C18H28ClNO5/c1-4-7-10-23-12-9-20-13-14(19)15(18(22)24-6-3)16(17(20)21)25-11-8-5-2/h13H,4-12H2,1-3H3. The van der Waals surface area contributed by atoms with Gasteiger partial charge in [0.1, 0.15) is 5.56 Å². The van der Waals surface area contributed by atoms with Crippen LogP contribution in [0, 0.1) is 0 Å². The Bertz CT molecular complexity index is 600. The number of hydrogen-bond donors (Lipinski definition) is 0. The molecule has 6 nitrogen and oxygen atoms in total. The zero-order valence-corrected chi connectivity index (χ0v) is 16.1. The molecule has 0 N–H and O–H groups in total. The van der Waals surface area contributed by atoms with Gasteiger partial charge < -0.3 is 18.8 Å². The summed E-state index contributed by atoms with van der Waals surface area (Å²) in [4.78, 5) is 24.8. The predicted octanol–water partition coefficient (Wildman–Crippen LogP) is 3.67. The second kappa shape index (κ2) is 11.9. The number of halogens is 1. The predicted molar refractivity (Wildman–Crippen MR) is 97.8 cm³/mol. The van der Waals surface area contributed by atoms with E-state index < -0.39 is 11.5 Å². The van der Waals surface area contributed by atoms with Crippen molar-refractivity contribution in [2.45, 2.75) is 53.0 Å². The van der Waals surface area contributed by atoms with Crippen molar-refractivity contribution in [3.05, 3.63) is 27.1 Å². The maximum atomic E-state index is 12.7. The van der Waals surface area contributed by atoms with Gasteiger partial charge in [-0.05, 0) is 19.8 Å².